The Morgan fingerprint density at radius 1 is 1.05 bits per heavy atom. The fourth-order valence-corrected chi connectivity index (χ4v) is 5.56. The zero-order valence-electron chi connectivity index (χ0n) is 21.7. The van der Waals surface area contributed by atoms with Crippen molar-refractivity contribution in [2.45, 2.75) is 32.4 Å². The number of rotatable bonds is 8. The summed E-state index contributed by atoms with van der Waals surface area (Å²) in [6.07, 6.45) is 2.07. The number of carbonyl (C=O) groups is 1. The number of hydrogen-bond donors (Lipinski definition) is 2. The van der Waals surface area contributed by atoms with Crippen molar-refractivity contribution in [2.24, 2.45) is 0 Å². The molecule has 2 atom stereocenters. The molecule has 0 bridgehead atoms. The molecule has 2 unspecified atom stereocenters. The molecule has 0 spiro atoms. The number of aryl methyl sites for hydroxylation is 1. The van der Waals surface area contributed by atoms with Crippen LogP contribution in [0.25, 0.3) is 5.69 Å². The van der Waals surface area contributed by atoms with E-state index in [1.54, 1.807) is 13.3 Å². The number of para-hydroxylation sites is 3. The molecule has 1 aliphatic rings. The van der Waals surface area contributed by atoms with Crippen molar-refractivity contribution < 1.29 is 9.53 Å². The van der Waals surface area contributed by atoms with Gasteiger partial charge in [-0.3, -0.25) is 9.78 Å². The summed E-state index contributed by atoms with van der Waals surface area (Å²) in [7, 11) is 1.59. The van der Waals surface area contributed by atoms with Crippen LogP contribution in [0.4, 0.5) is 5.69 Å². The number of thiocarbonyl (C=S) groups is 1. The maximum Gasteiger partial charge on any atom is 0.226 e. The fraction of sp³-hybridized carbons (Fsp3) is 0.233. The number of nitrogens with zero attached hydrogens (tertiary/aromatic N) is 3. The van der Waals surface area contributed by atoms with Gasteiger partial charge in [-0.15, -0.1) is 0 Å². The molecule has 2 aromatic carbocycles. The fourth-order valence-electron chi connectivity index (χ4n) is 5.23. The molecule has 1 amide bonds. The molecule has 7 nitrogen and oxygen atoms in total. The van der Waals surface area contributed by atoms with Crippen molar-refractivity contribution in [3.8, 4) is 11.4 Å². The van der Waals surface area contributed by atoms with Crippen molar-refractivity contribution in [3.05, 3.63) is 108 Å². The van der Waals surface area contributed by atoms with Gasteiger partial charge in [0, 0.05) is 36.2 Å². The number of nitrogens with one attached hydrogen (secondary N) is 2. The van der Waals surface area contributed by atoms with E-state index in [9.17, 15) is 4.79 Å². The molecule has 38 heavy (non-hydrogen) atoms. The minimum Gasteiger partial charge on any atom is -0.495 e. The van der Waals surface area contributed by atoms with Crippen LogP contribution in [0.3, 0.4) is 0 Å². The number of aromatic nitrogens is 2. The lowest BCUT2D eigenvalue weighted by molar-refractivity contribution is -0.116. The average molecular weight is 526 g/mol. The third-order valence-electron chi connectivity index (χ3n) is 6.96. The highest BCUT2D eigenvalue weighted by atomic mass is 32.1. The van der Waals surface area contributed by atoms with Gasteiger partial charge in [0.15, 0.2) is 5.11 Å². The van der Waals surface area contributed by atoms with Crippen molar-refractivity contribution >= 4 is 28.9 Å². The van der Waals surface area contributed by atoms with E-state index < -0.39 is 0 Å². The third kappa shape index (κ3) is 4.99. The van der Waals surface area contributed by atoms with E-state index in [0.29, 0.717) is 23.1 Å². The minimum absolute atomic E-state index is 0.105. The molecule has 0 saturated carbocycles. The highest BCUT2D eigenvalue weighted by Gasteiger charge is 2.41. The number of benzene rings is 2. The first kappa shape index (κ1) is 25.5. The summed E-state index contributed by atoms with van der Waals surface area (Å²) in [4.78, 5) is 19.7. The summed E-state index contributed by atoms with van der Waals surface area (Å²) >= 11 is 5.82. The van der Waals surface area contributed by atoms with E-state index in [4.69, 9.17) is 17.0 Å². The van der Waals surface area contributed by atoms with Gasteiger partial charge in [0.05, 0.1) is 30.6 Å². The second kappa shape index (κ2) is 11.1. The van der Waals surface area contributed by atoms with Gasteiger partial charge in [0.1, 0.15) is 5.75 Å². The van der Waals surface area contributed by atoms with Crippen LogP contribution >= 0.6 is 12.2 Å². The number of pyridine rings is 1. The first-order chi connectivity index (χ1) is 18.5. The topological polar surface area (TPSA) is 71.4 Å². The molecule has 194 valence electrons. The predicted molar refractivity (Wildman–Crippen MR) is 154 cm³/mol. The van der Waals surface area contributed by atoms with Gasteiger partial charge in [-0.05, 0) is 74.1 Å². The van der Waals surface area contributed by atoms with Crippen LogP contribution in [0.2, 0.25) is 0 Å². The molecular formula is C30H31N5O2S. The minimum atomic E-state index is -0.147. The third-order valence-corrected chi connectivity index (χ3v) is 7.31. The van der Waals surface area contributed by atoms with Gasteiger partial charge >= 0.3 is 0 Å². The Hall–Kier alpha value is -4.17. The zero-order chi connectivity index (χ0) is 26.6. The standard InChI is InChI=1S/C30H31N5O2S/c1-20-19-23(21(2)35(20)22-11-5-4-6-12-22)29-28(25-14-9-10-17-31-25)33-30(38)34(29)18-16-27(36)32-24-13-7-8-15-26(24)37-3/h4-15,17,19,28-29H,16,18H2,1-3H3,(H,32,36)(H,33,38). The molecular weight excluding hydrogens is 494 g/mol. The zero-order valence-corrected chi connectivity index (χ0v) is 22.5. The molecule has 2 aromatic heterocycles. The molecule has 8 heteroatoms. The monoisotopic (exact) mass is 525 g/mol. The summed E-state index contributed by atoms with van der Waals surface area (Å²) in [5.41, 5.74) is 6.09. The lowest BCUT2D eigenvalue weighted by Gasteiger charge is -2.28. The molecule has 1 fully saturated rings. The van der Waals surface area contributed by atoms with Crippen molar-refractivity contribution in [2.75, 3.05) is 19.0 Å². The Bertz CT molecular complexity index is 1440. The van der Waals surface area contributed by atoms with Gasteiger partial charge < -0.3 is 24.8 Å². The Labute approximate surface area is 228 Å². The second-order valence-electron chi connectivity index (χ2n) is 9.32. The van der Waals surface area contributed by atoms with E-state index in [0.717, 1.165) is 28.3 Å². The molecule has 4 aromatic rings. The molecule has 1 saturated heterocycles. The number of methoxy groups -OCH3 is 1. The molecule has 2 N–H and O–H groups in total. The largest absolute Gasteiger partial charge is 0.495 e. The van der Waals surface area contributed by atoms with Crippen LogP contribution in [0.1, 0.15) is 41.1 Å². The van der Waals surface area contributed by atoms with Crippen LogP contribution in [0.5, 0.6) is 5.75 Å². The Morgan fingerprint density at radius 3 is 2.53 bits per heavy atom. The molecule has 1 aliphatic heterocycles. The summed E-state index contributed by atoms with van der Waals surface area (Å²) in [5.74, 6) is 0.521. The molecule has 5 rings (SSSR count). The van der Waals surface area contributed by atoms with Crippen molar-refractivity contribution in [1.82, 2.24) is 19.8 Å². The number of carbonyl (C=O) groups excluding carboxylic acids is 1. The SMILES string of the molecule is COc1ccccc1NC(=O)CCN1C(=S)NC(c2ccccn2)C1c1cc(C)n(-c2ccccc2)c1C. The predicted octanol–water partition coefficient (Wildman–Crippen LogP) is 5.50. The summed E-state index contributed by atoms with van der Waals surface area (Å²) < 4.78 is 7.64. The van der Waals surface area contributed by atoms with Gasteiger partial charge in [-0.25, -0.2) is 0 Å². The lowest BCUT2D eigenvalue weighted by atomic mass is 9.96. The van der Waals surface area contributed by atoms with Crippen LogP contribution in [-0.4, -0.2) is 39.1 Å². The van der Waals surface area contributed by atoms with Gasteiger partial charge in [-0.2, -0.15) is 0 Å². The number of amides is 1. The second-order valence-corrected chi connectivity index (χ2v) is 9.70. The van der Waals surface area contributed by atoms with E-state index in [2.05, 4.69) is 57.1 Å². The quantitative estimate of drug-likeness (QED) is 0.296. The van der Waals surface area contributed by atoms with E-state index in [1.165, 1.54) is 0 Å². The van der Waals surface area contributed by atoms with Crippen LogP contribution in [0.15, 0.2) is 85.1 Å². The van der Waals surface area contributed by atoms with Crippen molar-refractivity contribution in [1.29, 1.82) is 0 Å². The normalized spacial score (nSPS) is 16.8. The molecule has 0 aliphatic carbocycles. The maximum absolute atomic E-state index is 13.0. The molecule has 0 radical (unpaired) electrons. The van der Waals surface area contributed by atoms with Crippen LogP contribution < -0.4 is 15.4 Å². The first-order valence-corrected chi connectivity index (χ1v) is 13.0. The Kier molecular flexibility index (Phi) is 7.42. The van der Waals surface area contributed by atoms with Crippen LogP contribution in [0, 0.1) is 13.8 Å². The molecule has 3 heterocycles. The maximum atomic E-state index is 13.0. The number of anilines is 1. The lowest BCUT2D eigenvalue weighted by Crippen LogP contribution is -2.33. The van der Waals surface area contributed by atoms with E-state index in [-0.39, 0.29) is 24.4 Å². The van der Waals surface area contributed by atoms with Gasteiger partial charge in [0.25, 0.3) is 0 Å². The highest BCUT2D eigenvalue weighted by molar-refractivity contribution is 7.80. The average Bonchev–Trinajstić information content (AvgIpc) is 3.42. The summed E-state index contributed by atoms with van der Waals surface area (Å²) in [5, 5.41) is 7.07. The Balaban J connectivity index is 1.45. The van der Waals surface area contributed by atoms with E-state index in [1.807, 2.05) is 60.7 Å². The number of ether oxygens (including phenoxy) is 1. The van der Waals surface area contributed by atoms with Crippen molar-refractivity contribution in [3.63, 3.8) is 0 Å². The Morgan fingerprint density at radius 2 is 1.79 bits per heavy atom. The van der Waals surface area contributed by atoms with Crippen LogP contribution in [-0.2, 0) is 4.79 Å². The summed E-state index contributed by atoms with van der Waals surface area (Å²) in [6, 6.07) is 25.6. The smallest absolute Gasteiger partial charge is 0.226 e. The number of hydrogen-bond acceptors (Lipinski definition) is 4. The summed E-state index contributed by atoms with van der Waals surface area (Å²) in [6.45, 7) is 4.71. The van der Waals surface area contributed by atoms with Gasteiger partial charge in [0.2, 0.25) is 5.91 Å². The van der Waals surface area contributed by atoms with Gasteiger partial charge in [-0.1, -0.05) is 36.4 Å². The van der Waals surface area contributed by atoms with E-state index >= 15 is 0 Å². The highest BCUT2D eigenvalue weighted by Crippen LogP contribution is 2.41. The first-order valence-electron chi connectivity index (χ1n) is 12.6.